The number of fused-ring (bicyclic) bond motifs is 2. The Bertz CT molecular complexity index is 1790. The summed E-state index contributed by atoms with van der Waals surface area (Å²) in [5, 5.41) is 2.33. The molecule has 9 heteroatoms. The second-order valence-electron chi connectivity index (χ2n) is 8.59. The molecule has 38 heavy (non-hydrogen) atoms. The zero-order valence-corrected chi connectivity index (χ0v) is 22.9. The van der Waals surface area contributed by atoms with Gasteiger partial charge in [0.15, 0.2) is 4.80 Å². The van der Waals surface area contributed by atoms with Crippen molar-refractivity contribution in [1.82, 2.24) is 4.57 Å². The molecule has 0 amide bonds. The summed E-state index contributed by atoms with van der Waals surface area (Å²) in [4.78, 5) is 32.5. The van der Waals surface area contributed by atoms with Gasteiger partial charge in [-0.15, -0.1) is 0 Å². The molecule has 1 aliphatic heterocycles. The van der Waals surface area contributed by atoms with Crippen molar-refractivity contribution in [3.8, 4) is 11.5 Å². The number of nitrogens with zero attached hydrogens (tertiary/aromatic N) is 2. The highest BCUT2D eigenvalue weighted by molar-refractivity contribution is 7.07. The number of methoxy groups -OCH3 is 2. The van der Waals surface area contributed by atoms with Crippen molar-refractivity contribution < 1.29 is 19.0 Å². The average molecular weight is 549 g/mol. The highest BCUT2D eigenvalue weighted by Gasteiger charge is 2.36. The molecule has 0 radical (unpaired) electrons. The highest BCUT2D eigenvalue weighted by atomic mass is 35.5. The summed E-state index contributed by atoms with van der Waals surface area (Å²) in [5.41, 5.74) is 1.82. The minimum atomic E-state index is -0.810. The summed E-state index contributed by atoms with van der Waals surface area (Å²) in [7, 11) is 3.13. The molecule has 2 heterocycles. The number of allylic oxidation sites excluding steroid dienone is 1. The molecule has 0 spiro atoms. The quantitative estimate of drug-likeness (QED) is 0.328. The van der Waals surface area contributed by atoms with Gasteiger partial charge in [0, 0.05) is 16.1 Å². The summed E-state index contributed by atoms with van der Waals surface area (Å²) in [6.07, 6.45) is 1.73. The minimum Gasteiger partial charge on any atom is -0.496 e. The molecule has 1 aromatic heterocycles. The van der Waals surface area contributed by atoms with Gasteiger partial charge in [0.25, 0.3) is 5.56 Å². The van der Waals surface area contributed by atoms with E-state index in [4.69, 9.17) is 25.8 Å². The molecule has 4 aromatic rings. The van der Waals surface area contributed by atoms with Crippen molar-refractivity contribution in [3.05, 3.63) is 102 Å². The van der Waals surface area contributed by atoms with Crippen LogP contribution in [0.4, 0.5) is 0 Å². The third-order valence-electron chi connectivity index (χ3n) is 6.42. The van der Waals surface area contributed by atoms with Gasteiger partial charge in [-0.05, 0) is 55.0 Å². The Morgan fingerprint density at radius 1 is 1.11 bits per heavy atom. The van der Waals surface area contributed by atoms with Crippen LogP contribution in [0.2, 0.25) is 5.02 Å². The molecule has 0 fully saturated rings. The van der Waals surface area contributed by atoms with Crippen LogP contribution in [0.3, 0.4) is 0 Å². The summed E-state index contributed by atoms with van der Waals surface area (Å²) in [6.45, 7) is 3.69. The Morgan fingerprint density at radius 2 is 1.84 bits per heavy atom. The van der Waals surface area contributed by atoms with E-state index in [-0.39, 0.29) is 12.2 Å². The van der Waals surface area contributed by atoms with Crippen LogP contribution in [0.1, 0.15) is 31.0 Å². The van der Waals surface area contributed by atoms with E-state index >= 15 is 0 Å². The number of esters is 1. The van der Waals surface area contributed by atoms with Crippen molar-refractivity contribution in [2.45, 2.75) is 19.9 Å². The van der Waals surface area contributed by atoms with Crippen LogP contribution in [0, 0.1) is 0 Å². The van der Waals surface area contributed by atoms with Crippen molar-refractivity contribution in [2.75, 3.05) is 20.8 Å². The van der Waals surface area contributed by atoms with Crippen molar-refractivity contribution in [3.63, 3.8) is 0 Å². The van der Waals surface area contributed by atoms with E-state index in [0.717, 1.165) is 10.8 Å². The molecular formula is C29H25ClN2O5S. The van der Waals surface area contributed by atoms with Gasteiger partial charge in [-0.2, -0.15) is 0 Å². The van der Waals surface area contributed by atoms with E-state index in [2.05, 4.69) is 4.99 Å². The lowest BCUT2D eigenvalue weighted by Crippen LogP contribution is -2.40. The van der Waals surface area contributed by atoms with Gasteiger partial charge >= 0.3 is 5.97 Å². The first-order valence-electron chi connectivity index (χ1n) is 12.0. The van der Waals surface area contributed by atoms with Crippen LogP contribution in [-0.2, 0) is 9.53 Å². The summed E-state index contributed by atoms with van der Waals surface area (Å²) in [6, 6.07) is 16.0. The van der Waals surface area contributed by atoms with Crippen molar-refractivity contribution in [2.24, 2.45) is 4.99 Å². The lowest BCUT2D eigenvalue weighted by atomic mass is 9.90. The first kappa shape index (κ1) is 25.8. The number of hydrogen-bond donors (Lipinski definition) is 0. The van der Waals surface area contributed by atoms with Crippen LogP contribution in [0.25, 0.3) is 16.8 Å². The molecule has 0 unspecified atom stereocenters. The van der Waals surface area contributed by atoms with Crippen molar-refractivity contribution >= 4 is 45.8 Å². The molecular weight excluding hydrogens is 524 g/mol. The van der Waals surface area contributed by atoms with Crippen LogP contribution >= 0.6 is 22.9 Å². The third kappa shape index (κ3) is 4.40. The Kier molecular flexibility index (Phi) is 7.10. The maximum atomic E-state index is 14.0. The lowest BCUT2D eigenvalue weighted by Gasteiger charge is -2.27. The molecule has 5 rings (SSSR count). The first-order valence-corrected chi connectivity index (χ1v) is 13.2. The third-order valence-corrected chi connectivity index (χ3v) is 7.64. The highest BCUT2D eigenvalue weighted by Crippen LogP contribution is 2.40. The summed E-state index contributed by atoms with van der Waals surface area (Å²) < 4.78 is 18.7. The number of ether oxygens (including phenoxy) is 3. The topological polar surface area (TPSA) is 79.1 Å². The van der Waals surface area contributed by atoms with Crippen molar-refractivity contribution in [1.29, 1.82) is 0 Å². The van der Waals surface area contributed by atoms with Crippen LogP contribution in [-0.4, -0.2) is 31.4 Å². The number of thiazole rings is 1. The van der Waals surface area contributed by atoms with Gasteiger partial charge in [0.1, 0.15) is 17.5 Å². The van der Waals surface area contributed by atoms with Gasteiger partial charge in [0.2, 0.25) is 0 Å². The number of benzene rings is 3. The van der Waals surface area contributed by atoms with Crippen LogP contribution in [0.5, 0.6) is 11.5 Å². The molecule has 194 valence electrons. The zero-order valence-electron chi connectivity index (χ0n) is 21.3. The maximum Gasteiger partial charge on any atom is 0.338 e. The number of carbonyl (C=O) groups excluding carboxylic acids is 1. The monoisotopic (exact) mass is 548 g/mol. The molecule has 0 saturated heterocycles. The maximum absolute atomic E-state index is 14.0. The van der Waals surface area contributed by atoms with Gasteiger partial charge in [-0.3, -0.25) is 9.36 Å². The number of aromatic nitrogens is 1. The Hall–Kier alpha value is -3.88. The molecule has 1 atom stereocenters. The molecule has 0 bridgehead atoms. The Balaban J connectivity index is 1.86. The van der Waals surface area contributed by atoms with E-state index in [9.17, 15) is 9.59 Å². The largest absolute Gasteiger partial charge is 0.496 e. The minimum absolute atomic E-state index is 0.188. The van der Waals surface area contributed by atoms with Crippen LogP contribution < -0.4 is 24.4 Å². The Morgan fingerprint density at radius 3 is 2.58 bits per heavy atom. The molecule has 3 aromatic carbocycles. The summed E-state index contributed by atoms with van der Waals surface area (Å²) in [5.74, 6) is 0.603. The zero-order chi connectivity index (χ0) is 27.0. The fourth-order valence-corrected chi connectivity index (χ4v) is 5.98. The van der Waals surface area contributed by atoms with Crippen LogP contribution in [0.15, 0.2) is 75.7 Å². The van der Waals surface area contributed by atoms with E-state index < -0.39 is 12.0 Å². The van der Waals surface area contributed by atoms with Gasteiger partial charge in [-0.1, -0.05) is 53.3 Å². The SMILES string of the molecule is CCOC(=O)C1=C(C)N=c2s/c(=C\c3cc(Cl)ccc3OC)c(=O)n2[C@H]1c1c(OC)ccc2ccccc12. The smallest absolute Gasteiger partial charge is 0.338 e. The predicted molar refractivity (Wildman–Crippen MR) is 149 cm³/mol. The molecule has 0 saturated carbocycles. The second kappa shape index (κ2) is 10.5. The number of hydrogen-bond acceptors (Lipinski definition) is 7. The number of carbonyl (C=O) groups is 1. The lowest BCUT2D eigenvalue weighted by molar-refractivity contribution is -0.139. The fourth-order valence-electron chi connectivity index (χ4n) is 4.76. The Labute approximate surface area is 227 Å². The van der Waals surface area contributed by atoms with Gasteiger partial charge in [-0.25, -0.2) is 9.79 Å². The molecule has 0 aliphatic carbocycles. The predicted octanol–water partition coefficient (Wildman–Crippen LogP) is 4.62. The standard InChI is InChI=1S/C29H25ClN2O5S/c1-5-37-28(34)24-16(2)31-29-32(26(24)25-20-9-7-6-8-17(20)10-12-22(25)36-4)27(33)23(38-29)15-18-14-19(30)11-13-21(18)35-3/h6-15,26H,5H2,1-4H3/b23-15-/t26-/m1/s1. The molecule has 7 nitrogen and oxygen atoms in total. The fraction of sp³-hybridized carbons (Fsp3) is 0.207. The van der Waals surface area contributed by atoms with Gasteiger partial charge < -0.3 is 14.2 Å². The van der Waals surface area contributed by atoms with E-state index in [1.807, 2.05) is 36.4 Å². The van der Waals surface area contributed by atoms with E-state index in [0.29, 0.717) is 48.3 Å². The normalized spacial score (nSPS) is 15.3. The first-order chi connectivity index (χ1) is 18.4. The molecule has 0 N–H and O–H groups in total. The number of rotatable bonds is 6. The molecule has 1 aliphatic rings. The second-order valence-corrected chi connectivity index (χ2v) is 10.0. The van der Waals surface area contributed by atoms with E-state index in [1.54, 1.807) is 56.9 Å². The number of halogens is 1. The average Bonchev–Trinajstić information content (AvgIpc) is 3.21. The van der Waals surface area contributed by atoms with E-state index in [1.165, 1.54) is 11.3 Å². The summed E-state index contributed by atoms with van der Waals surface area (Å²) >= 11 is 7.46. The van der Waals surface area contributed by atoms with Gasteiger partial charge in [0.05, 0.1) is 36.6 Å².